The molecule has 2 aromatic rings. The lowest BCUT2D eigenvalue weighted by Gasteiger charge is -2.05. The summed E-state index contributed by atoms with van der Waals surface area (Å²) in [6.07, 6.45) is 3.65. The molecule has 0 bridgehead atoms. The van der Waals surface area contributed by atoms with E-state index in [1.165, 1.54) is 11.1 Å². The van der Waals surface area contributed by atoms with Gasteiger partial charge >= 0.3 is 0 Å². The van der Waals surface area contributed by atoms with E-state index in [0.717, 1.165) is 18.0 Å². The van der Waals surface area contributed by atoms with Crippen LogP contribution in [-0.4, -0.2) is 10.9 Å². The number of hydrogen-bond acceptors (Lipinski definition) is 4. The topological polar surface area (TPSA) is 68.0 Å². The SMILES string of the molecule is Cc1cnccc1CNCc1cc(C(N)=O)cs1. The zero-order valence-electron chi connectivity index (χ0n) is 10.1. The molecule has 94 valence electrons. The molecule has 18 heavy (non-hydrogen) atoms. The first-order chi connectivity index (χ1) is 8.66. The van der Waals surface area contributed by atoms with Gasteiger partial charge in [-0.05, 0) is 30.2 Å². The van der Waals surface area contributed by atoms with E-state index in [9.17, 15) is 4.79 Å². The summed E-state index contributed by atoms with van der Waals surface area (Å²) in [5.74, 6) is -0.373. The number of carbonyl (C=O) groups excluding carboxylic acids is 1. The molecule has 0 unspecified atom stereocenters. The summed E-state index contributed by atoms with van der Waals surface area (Å²) in [6, 6.07) is 3.84. The molecule has 0 saturated carbocycles. The predicted molar refractivity (Wildman–Crippen MR) is 72.4 cm³/mol. The van der Waals surface area contributed by atoms with E-state index in [1.807, 2.05) is 25.3 Å². The van der Waals surface area contributed by atoms with Gasteiger partial charge in [-0.2, -0.15) is 0 Å². The third-order valence-corrected chi connectivity index (χ3v) is 3.63. The number of thiophene rings is 1. The van der Waals surface area contributed by atoms with Crippen molar-refractivity contribution in [3.05, 3.63) is 51.5 Å². The van der Waals surface area contributed by atoms with Crippen LogP contribution in [0.4, 0.5) is 0 Å². The van der Waals surface area contributed by atoms with Crippen LogP contribution in [-0.2, 0) is 13.1 Å². The molecule has 0 aromatic carbocycles. The Morgan fingerprint density at radius 1 is 1.50 bits per heavy atom. The van der Waals surface area contributed by atoms with Gasteiger partial charge in [-0.25, -0.2) is 0 Å². The van der Waals surface area contributed by atoms with Crippen LogP contribution in [0.2, 0.25) is 0 Å². The maximum absolute atomic E-state index is 11.0. The molecule has 0 fully saturated rings. The molecule has 0 spiro atoms. The molecular weight excluding hydrogens is 246 g/mol. The number of rotatable bonds is 5. The van der Waals surface area contributed by atoms with Crippen LogP contribution in [0, 0.1) is 6.92 Å². The van der Waals surface area contributed by atoms with E-state index < -0.39 is 0 Å². The van der Waals surface area contributed by atoms with E-state index in [2.05, 4.69) is 10.3 Å². The lowest BCUT2D eigenvalue weighted by Crippen LogP contribution is -2.13. The first-order valence-electron chi connectivity index (χ1n) is 5.64. The Morgan fingerprint density at radius 2 is 2.33 bits per heavy atom. The van der Waals surface area contributed by atoms with Gasteiger partial charge < -0.3 is 11.1 Å². The average molecular weight is 261 g/mol. The van der Waals surface area contributed by atoms with Crippen LogP contribution < -0.4 is 11.1 Å². The second kappa shape index (κ2) is 5.75. The van der Waals surface area contributed by atoms with Gasteiger partial charge in [-0.15, -0.1) is 11.3 Å². The maximum atomic E-state index is 11.0. The van der Waals surface area contributed by atoms with E-state index in [-0.39, 0.29) is 5.91 Å². The molecule has 0 aliphatic rings. The zero-order valence-corrected chi connectivity index (χ0v) is 11.0. The Bertz CT molecular complexity index is 551. The number of primary amides is 1. The summed E-state index contributed by atoms with van der Waals surface area (Å²) in [5.41, 5.74) is 8.20. The fourth-order valence-electron chi connectivity index (χ4n) is 1.62. The Morgan fingerprint density at radius 3 is 3.00 bits per heavy atom. The van der Waals surface area contributed by atoms with Gasteiger partial charge in [0.15, 0.2) is 0 Å². The van der Waals surface area contributed by atoms with E-state index >= 15 is 0 Å². The Hall–Kier alpha value is -1.72. The van der Waals surface area contributed by atoms with Crippen molar-refractivity contribution < 1.29 is 4.79 Å². The minimum atomic E-state index is -0.373. The third kappa shape index (κ3) is 3.15. The zero-order chi connectivity index (χ0) is 13.0. The Labute approximate surface area is 110 Å². The van der Waals surface area contributed by atoms with Crippen molar-refractivity contribution in [2.45, 2.75) is 20.0 Å². The largest absolute Gasteiger partial charge is 0.366 e. The van der Waals surface area contributed by atoms with Crippen molar-refractivity contribution in [3.63, 3.8) is 0 Å². The minimum absolute atomic E-state index is 0.373. The molecule has 1 amide bonds. The summed E-state index contributed by atoms with van der Waals surface area (Å²) >= 11 is 1.54. The van der Waals surface area contributed by atoms with Crippen LogP contribution in [0.3, 0.4) is 0 Å². The van der Waals surface area contributed by atoms with E-state index in [1.54, 1.807) is 22.9 Å². The van der Waals surface area contributed by atoms with Gasteiger partial charge in [-0.1, -0.05) is 0 Å². The normalized spacial score (nSPS) is 10.5. The van der Waals surface area contributed by atoms with Gasteiger partial charge in [0.25, 0.3) is 0 Å². The Balaban J connectivity index is 1.88. The average Bonchev–Trinajstić information content (AvgIpc) is 2.80. The number of pyridine rings is 1. The molecule has 0 atom stereocenters. The number of nitrogens with zero attached hydrogens (tertiary/aromatic N) is 1. The predicted octanol–water partition coefficient (Wildman–Crippen LogP) is 1.84. The maximum Gasteiger partial charge on any atom is 0.249 e. The molecule has 3 N–H and O–H groups in total. The minimum Gasteiger partial charge on any atom is -0.366 e. The molecule has 0 saturated heterocycles. The molecule has 2 rings (SSSR count). The molecule has 0 aliphatic heterocycles. The van der Waals surface area contributed by atoms with Crippen LogP contribution in [0.5, 0.6) is 0 Å². The molecule has 5 heteroatoms. The highest BCUT2D eigenvalue weighted by atomic mass is 32.1. The first kappa shape index (κ1) is 12.7. The summed E-state index contributed by atoms with van der Waals surface area (Å²) in [4.78, 5) is 16.1. The highest BCUT2D eigenvalue weighted by Crippen LogP contribution is 2.14. The van der Waals surface area contributed by atoms with Crippen molar-refractivity contribution in [1.29, 1.82) is 0 Å². The molecule has 0 aliphatic carbocycles. The number of nitrogens with one attached hydrogen (secondary N) is 1. The van der Waals surface area contributed by atoms with Crippen LogP contribution in [0.1, 0.15) is 26.4 Å². The second-order valence-corrected chi connectivity index (χ2v) is 5.07. The molecule has 2 heterocycles. The monoisotopic (exact) mass is 261 g/mol. The second-order valence-electron chi connectivity index (χ2n) is 4.07. The third-order valence-electron chi connectivity index (χ3n) is 2.69. The highest BCUT2D eigenvalue weighted by Gasteiger charge is 2.04. The Kier molecular flexibility index (Phi) is 4.07. The smallest absolute Gasteiger partial charge is 0.249 e. The van der Waals surface area contributed by atoms with E-state index in [4.69, 9.17) is 5.73 Å². The standard InChI is InChI=1S/C13H15N3OS/c1-9-5-15-3-2-10(9)6-16-7-12-4-11(8-18-12)13(14)17/h2-5,8,16H,6-7H2,1H3,(H2,14,17). The van der Waals surface area contributed by atoms with Crippen molar-refractivity contribution in [1.82, 2.24) is 10.3 Å². The van der Waals surface area contributed by atoms with Crippen molar-refractivity contribution in [2.24, 2.45) is 5.73 Å². The number of aromatic nitrogens is 1. The van der Waals surface area contributed by atoms with Crippen LogP contribution in [0.25, 0.3) is 0 Å². The summed E-state index contributed by atoms with van der Waals surface area (Å²) in [7, 11) is 0. The van der Waals surface area contributed by atoms with Gasteiger partial charge in [0.1, 0.15) is 0 Å². The summed E-state index contributed by atoms with van der Waals surface area (Å²) < 4.78 is 0. The first-order valence-corrected chi connectivity index (χ1v) is 6.52. The lowest BCUT2D eigenvalue weighted by atomic mass is 10.1. The van der Waals surface area contributed by atoms with Crippen LogP contribution >= 0.6 is 11.3 Å². The quantitative estimate of drug-likeness (QED) is 0.863. The fourth-order valence-corrected chi connectivity index (χ4v) is 2.47. The number of carbonyl (C=O) groups is 1. The molecule has 0 radical (unpaired) electrons. The summed E-state index contributed by atoms with van der Waals surface area (Å²) in [6.45, 7) is 3.57. The lowest BCUT2D eigenvalue weighted by molar-refractivity contribution is 0.100. The molecule has 2 aromatic heterocycles. The number of nitrogens with two attached hydrogens (primary N) is 1. The van der Waals surface area contributed by atoms with Crippen molar-refractivity contribution in [2.75, 3.05) is 0 Å². The number of amides is 1. The fraction of sp³-hybridized carbons (Fsp3) is 0.231. The van der Waals surface area contributed by atoms with Gasteiger partial charge in [-0.3, -0.25) is 9.78 Å². The number of aryl methyl sites for hydroxylation is 1. The van der Waals surface area contributed by atoms with Gasteiger partial charge in [0.05, 0.1) is 5.56 Å². The van der Waals surface area contributed by atoms with Crippen molar-refractivity contribution >= 4 is 17.2 Å². The summed E-state index contributed by atoms with van der Waals surface area (Å²) in [5, 5.41) is 5.13. The highest BCUT2D eigenvalue weighted by molar-refractivity contribution is 7.10. The van der Waals surface area contributed by atoms with Crippen molar-refractivity contribution in [3.8, 4) is 0 Å². The van der Waals surface area contributed by atoms with E-state index in [0.29, 0.717) is 5.56 Å². The van der Waals surface area contributed by atoms with Gasteiger partial charge in [0, 0.05) is 35.7 Å². The van der Waals surface area contributed by atoms with Gasteiger partial charge in [0.2, 0.25) is 5.91 Å². The number of hydrogen-bond donors (Lipinski definition) is 2. The molecular formula is C13H15N3OS. The van der Waals surface area contributed by atoms with Crippen LogP contribution in [0.15, 0.2) is 29.9 Å². The molecule has 4 nitrogen and oxygen atoms in total.